The van der Waals surface area contributed by atoms with E-state index in [1.54, 1.807) is 12.4 Å². The van der Waals surface area contributed by atoms with E-state index in [2.05, 4.69) is 9.97 Å². The zero-order valence-electron chi connectivity index (χ0n) is 13.3. The van der Waals surface area contributed by atoms with E-state index in [1.165, 1.54) is 0 Å². The topological polar surface area (TPSA) is 92.0 Å². The van der Waals surface area contributed by atoms with Crippen LogP contribution in [0.3, 0.4) is 0 Å². The SMILES string of the molecule is CC.NC(Cc1c[nH]c2cccc(-c3ccncc3)c12)C(=O)O. The van der Waals surface area contributed by atoms with Crippen LogP contribution < -0.4 is 5.73 Å². The molecular formula is C18H21N3O2. The van der Waals surface area contributed by atoms with Crippen molar-refractivity contribution in [2.24, 2.45) is 5.73 Å². The molecule has 1 atom stereocenters. The summed E-state index contributed by atoms with van der Waals surface area (Å²) in [5.74, 6) is -0.995. The third kappa shape index (κ3) is 3.57. The van der Waals surface area contributed by atoms with Gasteiger partial charge in [0.1, 0.15) is 6.04 Å². The molecular weight excluding hydrogens is 290 g/mol. The molecule has 0 spiro atoms. The average molecular weight is 311 g/mol. The number of rotatable bonds is 4. The Morgan fingerprint density at radius 3 is 2.61 bits per heavy atom. The summed E-state index contributed by atoms with van der Waals surface area (Å²) in [6, 6.07) is 8.91. The van der Waals surface area contributed by atoms with E-state index in [1.807, 2.05) is 50.4 Å². The molecule has 0 amide bonds. The fraction of sp³-hybridized carbons (Fsp3) is 0.222. The van der Waals surface area contributed by atoms with Gasteiger partial charge in [0, 0.05) is 35.9 Å². The zero-order chi connectivity index (χ0) is 16.8. The highest BCUT2D eigenvalue weighted by molar-refractivity contribution is 5.98. The summed E-state index contributed by atoms with van der Waals surface area (Å²) in [6.45, 7) is 4.00. The summed E-state index contributed by atoms with van der Waals surface area (Å²) in [6.07, 6.45) is 5.60. The van der Waals surface area contributed by atoms with Crippen LogP contribution in [0.4, 0.5) is 0 Å². The maximum absolute atomic E-state index is 11.0. The summed E-state index contributed by atoms with van der Waals surface area (Å²) in [5, 5.41) is 10.0. The lowest BCUT2D eigenvalue weighted by Crippen LogP contribution is -2.32. The van der Waals surface area contributed by atoms with Gasteiger partial charge in [0.05, 0.1) is 0 Å². The monoisotopic (exact) mass is 311 g/mol. The van der Waals surface area contributed by atoms with Crippen molar-refractivity contribution < 1.29 is 9.90 Å². The number of hydrogen-bond acceptors (Lipinski definition) is 3. The Balaban J connectivity index is 0.000000924. The minimum Gasteiger partial charge on any atom is -0.480 e. The van der Waals surface area contributed by atoms with Crippen LogP contribution in [0.25, 0.3) is 22.0 Å². The largest absolute Gasteiger partial charge is 0.480 e. The molecule has 0 fully saturated rings. The van der Waals surface area contributed by atoms with Crippen molar-refractivity contribution in [1.29, 1.82) is 0 Å². The van der Waals surface area contributed by atoms with Gasteiger partial charge in [-0.25, -0.2) is 0 Å². The Kier molecular flexibility index (Phi) is 5.49. The number of carbonyl (C=O) groups is 1. The number of pyridine rings is 1. The number of aromatic nitrogens is 2. The number of fused-ring (bicyclic) bond motifs is 1. The molecule has 4 N–H and O–H groups in total. The van der Waals surface area contributed by atoms with Crippen molar-refractivity contribution in [2.75, 3.05) is 0 Å². The van der Waals surface area contributed by atoms with Crippen LogP contribution in [0.15, 0.2) is 48.9 Å². The van der Waals surface area contributed by atoms with Crippen molar-refractivity contribution in [2.45, 2.75) is 26.3 Å². The standard InChI is InChI=1S/C16H15N3O2.C2H6/c17-13(16(20)21)8-11-9-19-14-3-1-2-12(15(11)14)10-4-6-18-7-5-10;1-2/h1-7,9,13,19H,8,17H2,(H,20,21);1-2H3. The van der Waals surface area contributed by atoms with Crippen molar-refractivity contribution in [3.63, 3.8) is 0 Å². The molecule has 1 aromatic carbocycles. The second-order valence-corrected chi connectivity index (χ2v) is 4.93. The van der Waals surface area contributed by atoms with E-state index in [-0.39, 0.29) is 6.42 Å². The number of aliphatic carboxylic acids is 1. The van der Waals surface area contributed by atoms with Gasteiger partial charge in [0.2, 0.25) is 0 Å². The molecule has 1 unspecified atom stereocenters. The molecule has 120 valence electrons. The first-order valence-corrected chi connectivity index (χ1v) is 7.64. The van der Waals surface area contributed by atoms with Crippen molar-refractivity contribution >= 4 is 16.9 Å². The maximum atomic E-state index is 11.0. The van der Waals surface area contributed by atoms with Gasteiger partial charge in [-0.2, -0.15) is 0 Å². The first-order valence-electron chi connectivity index (χ1n) is 7.64. The predicted molar refractivity (Wildman–Crippen MR) is 92.2 cm³/mol. The van der Waals surface area contributed by atoms with Crippen LogP contribution in [0.1, 0.15) is 19.4 Å². The smallest absolute Gasteiger partial charge is 0.320 e. The Morgan fingerprint density at radius 2 is 1.96 bits per heavy atom. The van der Waals surface area contributed by atoms with E-state index < -0.39 is 12.0 Å². The second kappa shape index (κ2) is 7.56. The third-order valence-electron chi connectivity index (χ3n) is 3.54. The van der Waals surface area contributed by atoms with Gasteiger partial charge < -0.3 is 15.8 Å². The fourth-order valence-electron chi connectivity index (χ4n) is 2.51. The Morgan fingerprint density at radius 1 is 1.26 bits per heavy atom. The summed E-state index contributed by atoms with van der Waals surface area (Å²) < 4.78 is 0. The van der Waals surface area contributed by atoms with Gasteiger partial charge in [-0.1, -0.05) is 26.0 Å². The summed E-state index contributed by atoms with van der Waals surface area (Å²) >= 11 is 0. The molecule has 0 radical (unpaired) electrons. The number of H-pyrrole nitrogens is 1. The molecule has 0 saturated carbocycles. The number of nitrogens with two attached hydrogens (primary N) is 1. The van der Waals surface area contributed by atoms with Gasteiger partial charge in [-0.3, -0.25) is 9.78 Å². The number of aromatic amines is 1. The van der Waals surface area contributed by atoms with E-state index in [4.69, 9.17) is 10.8 Å². The minimum absolute atomic E-state index is 0.289. The lowest BCUT2D eigenvalue weighted by Gasteiger charge is -2.08. The number of nitrogens with one attached hydrogen (secondary N) is 1. The Hall–Kier alpha value is -2.66. The van der Waals surface area contributed by atoms with Crippen LogP contribution in [-0.4, -0.2) is 27.1 Å². The van der Waals surface area contributed by atoms with Crippen molar-refractivity contribution in [1.82, 2.24) is 9.97 Å². The number of hydrogen-bond donors (Lipinski definition) is 3. The molecule has 0 aliphatic carbocycles. The first-order chi connectivity index (χ1) is 11.2. The highest BCUT2D eigenvalue weighted by Crippen LogP contribution is 2.31. The molecule has 3 aromatic rings. The van der Waals surface area contributed by atoms with Gasteiger partial charge in [0.15, 0.2) is 0 Å². The van der Waals surface area contributed by atoms with E-state index in [9.17, 15) is 4.79 Å². The van der Waals surface area contributed by atoms with Gasteiger partial charge in [0.25, 0.3) is 0 Å². The van der Waals surface area contributed by atoms with E-state index >= 15 is 0 Å². The van der Waals surface area contributed by atoms with E-state index in [0.29, 0.717) is 0 Å². The molecule has 5 nitrogen and oxygen atoms in total. The second-order valence-electron chi connectivity index (χ2n) is 4.93. The fourth-order valence-corrected chi connectivity index (χ4v) is 2.51. The van der Waals surface area contributed by atoms with Crippen LogP contribution in [0.2, 0.25) is 0 Å². The predicted octanol–water partition coefficient (Wildman–Crippen LogP) is 3.21. The van der Waals surface area contributed by atoms with E-state index in [0.717, 1.165) is 27.6 Å². The van der Waals surface area contributed by atoms with Crippen LogP contribution in [-0.2, 0) is 11.2 Å². The third-order valence-corrected chi connectivity index (χ3v) is 3.54. The van der Waals surface area contributed by atoms with Gasteiger partial charge in [-0.05, 0) is 34.9 Å². The molecule has 0 aliphatic rings. The van der Waals surface area contributed by atoms with Crippen LogP contribution in [0.5, 0.6) is 0 Å². The lowest BCUT2D eigenvalue weighted by molar-refractivity contribution is -0.138. The number of carboxylic acids is 1. The highest BCUT2D eigenvalue weighted by Gasteiger charge is 2.16. The first kappa shape index (κ1) is 16.7. The van der Waals surface area contributed by atoms with Gasteiger partial charge >= 0.3 is 5.97 Å². The van der Waals surface area contributed by atoms with Crippen molar-refractivity contribution in [3.05, 3.63) is 54.5 Å². The molecule has 2 aromatic heterocycles. The molecule has 0 saturated heterocycles. The lowest BCUT2D eigenvalue weighted by atomic mass is 9.97. The maximum Gasteiger partial charge on any atom is 0.320 e. The zero-order valence-corrected chi connectivity index (χ0v) is 13.3. The molecule has 23 heavy (non-hydrogen) atoms. The minimum atomic E-state index is -0.995. The normalized spacial score (nSPS) is 11.6. The molecule has 2 heterocycles. The average Bonchev–Trinajstić information content (AvgIpc) is 3.00. The van der Waals surface area contributed by atoms with Gasteiger partial charge in [-0.15, -0.1) is 0 Å². The summed E-state index contributed by atoms with van der Waals surface area (Å²) in [5.41, 5.74) is 9.63. The number of carboxylic acid groups (broad SMARTS) is 1. The molecule has 3 rings (SSSR count). The highest BCUT2D eigenvalue weighted by atomic mass is 16.4. The van der Waals surface area contributed by atoms with Crippen LogP contribution >= 0.6 is 0 Å². The number of benzene rings is 1. The number of nitrogens with zero attached hydrogens (tertiary/aromatic N) is 1. The molecule has 0 aliphatic heterocycles. The summed E-state index contributed by atoms with van der Waals surface area (Å²) in [4.78, 5) is 18.2. The Bertz CT molecular complexity index is 781. The molecule has 5 heteroatoms. The summed E-state index contributed by atoms with van der Waals surface area (Å²) in [7, 11) is 0. The molecule has 0 bridgehead atoms. The Labute approximate surface area is 135 Å². The van der Waals surface area contributed by atoms with Crippen LogP contribution in [0, 0.1) is 0 Å². The quantitative estimate of drug-likeness (QED) is 0.690. The van der Waals surface area contributed by atoms with Crippen molar-refractivity contribution in [3.8, 4) is 11.1 Å².